The second-order valence-electron chi connectivity index (χ2n) is 12.2. The van der Waals surface area contributed by atoms with Crippen LogP contribution in [-0.4, -0.2) is 62.5 Å². The number of pyridine rings is 1. The molecule has 1 aromatic carbocycles. The van der Waals surface area contributed by atoms with Crippen LogP contribution >= 0.6 is 0 Å². The first kappa shape index (κ1) is 29.5. The fraction of sp³-hybridized carbons (Fsp3) is 0.485. The summed E-state index contributed by atoms with van der Waals surface area (Å²) in [5, 5.41) is 7.59. The van der Waals surface area contributed by atoms with E-state index in [0.717, 1.165) is 86.8 Å². The van der Waals surface area contributed by atoms with Gasteiger partial charge in [0, 0.05) is 48.0 Å². The molecule has 0 amide bonds. The van der Waals surface area contributed by atoms with Gasteiger partial charge in [0.1, 0.15) is 10.9 Å². The van der Waals surface area contributed by atoms with E-state index >= 15 is 0 Å². The molecule has 0 bridgehead atoms. The van der Waals surface area contributed by atoms with E-state index in [0.29, 0.717) is 28.9 Å². The predicted octanol–water partition coefficient (Wildman–Crippen LogP) is 5.04. The summed E-state index contributed by atoms with van der Waals surface area (Å²) in [7, 11) is 2.08. The summed E-state index contributed by atoms with van der Waals surface area (Å²) >= 11 is -1.18. The molecule has 1 aliphatic carbocycles. The van der Waals surface area contributed by atoms with E-state index in [9.17, 15) is 9.35 Å². The Morgan fingerprint density at radius 2 is 1.93 bits per heavy atom. The van der Waals surface area contributed by atoms with E-state index in [2.05, 4.69) is 27.6 Å². The van der Waals surface area contributed by atoms with Gasteiger partial charge in [-0.05, 0) is 87.1 Å². The van der Waals surface area contributed by atoms with Gasteiger partial charge in [-0.2, -0.15) is 4.98 Å². The SMILES string of the molecule is CN1CCCCC1c1cc2cnc(Nc3ccc(C4CNCCO4)cc3)nc2n(Cc2occc2[S+]([O-])C2CCCC2)c1=O. The van der Waals surface area contributed by atoms with Crippen LogP contribution in [0.5, 0.6) is 0 Å². The molecule has 10 nitrogen and oxygen atoms in total. The van der Waals surface area contributed by atoms with Crippen molar-refractivity contribution in [2.75, 3.05) is 38.6 Å². The molecule has 2 N–H and O–H groups in total. The number of piperidine rings is 1. The number of aromatic nitrogens is 3. The third kappa shape index (κ3) is 6.03. The van der Waals surface area contributed by atoms with Crippen molar-refractivity contribution in [3.05, 3.63) is 76.1 Å². The van der Waals surface area contributed by atoms with Gasteiger partial charge in [0.05, 0.1) is 25.5 Å². The summed E-state index contributed by atoms with van der Waals surface area (Å²) in [6.45, 7) is 3.47. The van der Waals surface area contributed by atoms with E-state index in [1.54, 1.807) is 23.1 Å². The number of furan rings is 1. The summed E-state index contributed by atoms with van der Waals surface area (Å²) in [5.41, 5.74) is 3.11. The first-order valence-corrected chi connectivity index (χ1v) is 17.0. The molecule has 7 rings (SSSR count). The van der Waals surface area contributed by atoms with Gasteiger partial charge >= 0.3 is 0 Å². The number of likely N-dealkylation sites (tertiary alicyclic amines) is 1. The monoisotopic (exact) mass is 616 g/mol. The first-order valence-electron chi connectivity index (χ1n) is 15.8. The van der Waals surface area contributed by atoms with Gasteiger partial charge in [-0.3, -0.25) is 14.3 Å². The van der Waals surface area contributed by atoms with Crippen LogP contribution < -0.4 is 16.2 Å². The number of morpholine rings is 1. The van der Waals surface area contributed by atoms with E-state index in [-0.39, 0.29) is 29.5 Å². The van der Waals surface area contributed by atoms with E-state index < -0.39 is 11.2 Å². The first-order chi connectivity index (χ1) is 21.5. The molecule has 0 radical (unpaired) electrons. The standard InChI is InChI=1S/C33H40N6O4S/c1-38-15-5-4-8-27(38)26-18-23-19-35-33(36-24-11-9-22(10-12-24)28-20-34-14-17-43-28)37-31(23)39(32(26)40)21-29-30(13-16-42-29)44(41)25-6-2-3-7-25/h9-13,16,18-19,25,27-28,34H,2-8,14-15,17,20-21H2,1H3,(H,35,36,37). The van der Waals surface area contributed by atoms with Crippen molar-refractivity contribution in [3.63, 3.8) is 0 Å². The topological polar surface area (TPSA) is 121 Å². The molecule has 3 fully saturated rings. The van der Waals surface area contributed by atoms with Gasteiger partial charge in [0.15, 0.2) is 10.7 Å². The van der Waals surface area contributed by atoms with Crippen LogP contribution in [0.25, 0.3) is 11.0 Å². The molecule has 11 heteroatoms. The summed E-state index contributed by atoms with van der Waals surface area (Å²) in [6.07, 6.45) is 10.7. The minimum Gasteiger partial charge on any atom is -0.611 e. The number of hydrogen-bond donors (Lipinski definition) is 2. The molecule has 44 heavy (non-hydrogen) atoms. The lowest BCUT2D eigenvalue weighted by molar-refractivity contribution is 0.0277. The quantitative estimate of drug-likeness (QED) is 0.262. The Hall–Kier alpha value is -3.22. The number of nitrogens with zero attached hydrogens (tertiary/aromatic N) is 4. The molecule has 232 valence electrons. The summed E-state index contributed by atoms with van der Waals surface area (Å²) in [4.78, 5) is 26.7. The summed E-state index contributed by atoms with van der Waals surface area (Å²) in [6, 6.07) is 11.9. The van der Waals surface area contributed by atoms with Gasteiger partial charge in [-0.25, -0.2) is 4.98 Å². The van der Waals surface area contributed by atoms with Crippen LogP contribution in [0, 0.1) is 0 Å². The van der Waals surface area contributed by atoms with Gasteiger partial charge in [0.25, 0.3) is 5.56 Å². The maximum atomic E-state index is 14.3. The van der Waals surface area contributed by atoms with Crippen LogP contribution in [-0.2, 0) is 22.5 Å². The smallest absolute Gasteiger partial charge is 0.257 e. The average molecular weight is 617 g/mol. The van der Waals surface area contributed by atoms with Crippen molar-refractivity contribution < 1.29 is 13.7 Å². The highest BCUT2D eigenvalue weighted by atomic mass is 32.2. The van der Waals surface area contributed by atoms with Crippen LogP contribution in [0.2, 0.25) is 0 Å². The third-order valence-corrected chi connectivity index (χ3v) is 11.2. The molecule has 4 aromatic rings. The zero-order valence-corrected chi connectivity index (χ0v) is 26.0. The molecule has 2 aliphatic heterocycles. The second kappa shape index (κ2) is 13.0. The van der Waals surface area contributed by atoms with Crippen molar-refractivity contribution in [2.24, 2.45) is 0 Å². The Morgan fingerprint density at radius 3 is 2.70 bits per heavy atom. The molecule has 5 heterocycles. The molecule has 3 atom stereocenters. The van der Waals surface area contributed by atoms with Gasteiger partial charge in [-0.1, -0.05) is 18.6 Å². The van der Waals surface area contributed by atoms with Crippen molar-refractivity contribution in [1.29, 1.82) is 0 Å². The predicted molar refractivity (Wildman–Crippen MR) is 171 cm³/mol. The van der Waals surface area contributed by atoms with Gasteiger partial charge in [-0.15, -0.1) is 0 Å². The van der Waals surface area contributed by atoms with Gasteiger partial charge in [0.2, 0.25) is 5.95 Å². The van der Waals surface area contributed by atoms with Crippen molar-refractivity contribution in [3.8, 4) is 0 Å². The van der Waals surface area contributed by atoms with Crippen molar-refractivity contribution >= 4 is 33.8 Å². The molecule has 0 spiro atoms. The zero-order chi connectivity index (χ0) is 30.0. The summed E-state index contributed by atoms with van der Waals surface area (Å²) in [5.74, 6) is 0.946. The number of fused-ring (bicyclic) bond motifs is 1. The second-order valence-corrected chi connectivity index (χ2v) is 13.9. The largest absolute Gasteiger partial charge is 0.611 e. The maximum absolute atomic E-state index is 14.3. The summed E-state index contributed by atoms with van der Waals surface area (Å²) < 4.78 is 27.0. The van der Waals surface area contributed by atoms with Crippen LogP contribution in [0.4, 0.5) is 11.6 Å². The van der Waals surface area contributed by atoms with Gasteiger partial charge < -0.3 is 24.3 Å². The normalized spacial score (nSPS) is 22.4. The maximum Gasteiger partial charge on any atom is 0.257 e. The minimum atomic E-state index is -1.18. The minimum absolute atomic E-state index is 0.0234. The molecular formula is C33H40N6O4S. The molecule has 2 saturated heterocycles. The third-order valence-electron chi connectivity index (χ3n) is 9.28. The number of anilines is 2. The van der Waals surface area contributed by atoms with E-state index in [4.69, 9.17) is 14.1 Å². The van der Waals surface area contributed by atoms with Crippen LogP contribution in [0.1, 0.15) is 74.0 Å². The Bertz CT molecular complexity index is 1640. The Labute approximate surface area is 260 Å². The van der Waals surface area contributed by atoms with Crippen molar-refractivity contribution in [2.45, 2.75) is 73.8 Å². The number of nitrogens with one attached hydrogen (secondary N) is 2. The lowest BCUT2D eigenvalue weighted by Crippen LogP contribution is -2.36. The molecule has 3 aromatic heterocycles. The van der Waals surface area contributed by atoms with Crippen LogP contribution in [0.15, 0.2) is 63.0 Å². The van der Waals surface area contributed by atoms with E-state index in [1.807, 2.05) is 30.3 Å². The number of benzene rings is 1. The lowest BCUT2D eigenvalue weighted by Gasteiger charge is -2.32. The number of hydrogen-bond acceptors (Lipinski definition) is 9. The molecule has 3 aliphatic rings. The highest BCUT2D eigenvalue weighted by Crippen LogP contribution is 2.33. The highest BCUT2D eigenvalue weighted by molar-refractivity contribution is 7.92. The average Bonchev–Trinajstić information content (AvgIpc) is 3.77. The van der Waals surface area contributed by atoms with Crippen molar-refractivity contribution in [1.82, 2.24) is 24.8 Å². The Morgan fingerprint density at radius 1 is 1.11 bits per heavy atom. The van der Waals surface area contributed by atoms with E-state index in [1.165, 1.54) is 0 Å². The zero-order valence-electron chi connectivity index (χ0n) is 25.2. The fourth-order valence-corrected chi connectivity index (χ4v) is 8.48. The molecule has 3 unspecified atom stereocenters. The highest BCUT2D eigenvalue weighted by Gasteiger charge is 2.32. The van der Waals surface area contributed by atoms with Crippen LogP contribution in [0.3, 0.4) is 0 Å². The Kier molecular flexibility index (Phi) is 8.73. The fourth-order valence-electron chi connectivity index (χ4n) is 6.83. The number of rotatable bonds is 8. The Balaban J connectivity index is 1.24. The molecular weight excluding hydrogens is 576 g/mol. The lowest BCUT2D eigenvalue weighted by atomic mass is 9.96. The molecule has 1 saturated carbocycles. The number of ether oxygens (including phenoxy) is 1.